The SMILES string of the molecule is O=C(CC1Sc2ccccc2NC1=O)NCC(=O)Nc1ccccc1. The Morgan fingerprint density at radius 2 is 1.72 bits per heavy atom. The maximum Gasteiger partial charge on any atom is 0.243 e. The number of thioether (sulfide) groups is 1. The number of carbonyl (C=O) groups is 3. The number of para-hydroxylation sites is 2. The summed E-state index contributed by atoms with van der Waals surface area (Å²) in [5.41, 5.74) is 1.43. The fourth-order valence-corrected chi connectivity index (χ4v) is 3.48. The van der Waals surface area contributed by atoms with Crippen molar-refractivity contribution < 1.29 is 14.4 Å². The molecule has 0 radical (unpaired) electrons. The first-order valence-corrected chi connectivity index (χ1v) is 8.68. The minimum Gasteiger partial charge on any atom is -0.347 e. The van der Waals surface area contributed by atoms with Crippen molar-refractivity contribution in [2.75, 3.05) is 17.2 Å². The molecule has 1 heterocycles. The molecule has 1 aliphatic rings. The van der Waals surface area contributed by atoms with E-state index in [1.807, 2.05) is 42.5 Å². The highest BCUT2D eigenvalue weighted by molar-refractivity contribution is 8.01. The topological polar surface area (TPSA) is 87.3 Å². The van der Waals surface area contributed by atoms with Crippen LogP contribution in [0.1, 0.15) is 6.42 Å². The summed E-state index contributed by atoms with van der Waals surface area (Å²) in [6, 6.07) is 16.5. The van der Waals surface area contributed by atoms with Gasteiger partial charge in [0, 0.05) is 17.0 Å². The van der Waals surface area contributed by atoms with Crippen molar-refractivity contribution in [3.63, 3.8) is 0 Å². The highest BCUT2D eigenvalue weighted by Crippen LogP contribution is 2.36. The van der Waals surface area contributed by atoms with Crippen molar-refractivity contribution in [1.82, 2.24) is 5.32 Å². The number of rotatable bonds is 5. The Kier molecular flexibility index (Phi) is 5.35. The van der Waals surface area contributed by atoms with Crippen LogP contribution in [0, 0.1) is 0 Å². The Balaban J connectivity index is 1.48. The summed E-state index contributed by atoms with van der Waals surface area (Å²) in [6.45, 7) is -0.136. The van der Waals surface area contributed by atoms with E-state index in [1.165, 1.54) is 11.8 Å². The molecule has 2 aromatic carbocycles. The average molecular weight is 355 g/mol. The van der Waals surface area contributed by atoms with Crippen LogP contribution >= 0.6 is 11.8 Å². The molecule has 25 heavy (non-hydrogen) atoms. The summed E-state index contributed by atoms with van der Waals surface area (Å²) >= 11 is 1.36. The van der Waals surface area contributed by atoms with Gasteiger partial charge >= 0.3 is 0 Å². The summed E-state index contributed by atoms with van der Waals surface area (Å²) in [5, 5.41) is 7.52. The van der Waals surface area contributed by atoms with E-state index in [4.69, 9.17) is 0 Å². The largest absolute Gasteiger partial charge is 0.347 e. The monoisotopic (exact) mass is 355 g/mol. The summed E-state index contributed by atoms with van der Waals surface area (Å²) in [4.78, 5) is 36.9. The number of hydrogen-bond acceptors (Lipinski definition) is 4. The van der Waals surface area contributed by atoms with E-state index < -0.39 is 5.25 Å². The standard InChI is InChI=1S/C18H17N3O3S/c22-16(19-11-17(23)20-12-6-2-1-3-7-12)10-15-18(24)21-13-8-4-5-9-14(13)25-15/h1-9,15H,10-11H2,(H,19,22)(H,20,23)(H,21,24). The van der Waals surface area contributed by atoms with Crippen LogP contribution in [0.4, 0.5) is 11.4 Å². The molecule has 0 aromatic heterocycles. The number of anilines is 2. The van der Waals surface area contributed by atoms with E-state index in [-0.39, 0.29) is 30.7 Å². The lowest BCUT2D eigenvalue weighted by molar-refractivity contribution is -0.125. The van der Waals surface area contributed by atoms with Gasteiger partial charge in [0.2, 0.25) is 17.7 Å². The van der Waals surface area contributed by atoms with Gasteiger partial charge in [-0.25, -0.2) is 0 Å². The smallest absolute Gasteiger partial charge is 0.243 e. The third kappa shape index (κ3) is 4.60. The molecule has 7 heteroatoms. The van der Waals surface area contributed by atoms with E-state index in [9.17, 15) is 14.4 Å². The summed E-state index contributed by atoms with van der Waals surface area (Å²) in [6.07, 6.45) is 0.0173. The van der Waals surface area contributed by atoms with E-state index in [0.29, 0.717) is 5.69 Å². The van der Waals surface area contributed by atoms with Crippen LogP contribution in [-0.2, 0) is 14.4 Å². The maximum absolute atomic E-state index is 12.1. The molecule has 0 fully saturated rings. The van der Waals surface area contributed by atoms with Gasteiger partial charge in [-0.15, -0.1) is 11.8 Å². The van der Waals surface area contributed by atoms with Crippen LogP contribution in [-0.4, -0.2) is 29.5 Å². The van der Waals surface area contributed by atoms with Gasteiger partial charge in [0.05, 0.1) is 17.5 Å². The Morgan fingerprint density at radius 1 is 1.00 bits per heavy atom. The first kappa shape index (κ1) is 17.0. The van der Waals surface area contributed by atoms with Gasteiger partial charge in [0.1, 0.15) is 0 Å². The molecule has 0 saturated heterocycles. The van der Waals surface area contributed by atoms with Crippen LogP contribution in [0.15, 0.2) is 59.5 Å². The molecule has 0 saturated carbocycles. The average Bonchev–Trinajstić information content (AvgIpc) is 2.61. The number of benzene rings is 2. The second kappa shape index (κ2) is 7.85. The van der Waals surface area contributed by atoms with Crippen molar-refractivity contribution in [2.24, 2.45) is 0 Å². The molecule has 3 N–H and O–H groups in total. The highest BCUT2D eigenvalue weighted by Gasteiger charge is 2.28. The predicted molar refractivity (Wildman–Crippen MR) is 97.4 cm³/mol. The van der Waals surface area contributed by atoms with Gasteiger partial charge in [-0.05, 0) is 24.3 Å². The van der Waals surface area contributed by atoms with Crippen LogP contribution in [0.2, 0.25) is 0 Å². The molecule has 0 aliphatic carbocycles. The molecule has 6 nitrogen and oxygen atoms in total. The van der Waals surface area contributed by atoms with Gasteiger partial charge in [-0.1, -0.05) is 30.3 Å². The molecule has 1 unspecified atom stereocenters. The van der Waals surface area contributed by atoms with E-state index in [0.717, 1.165) is 10.6 Å². The van der Waals surface area contributed by atoms with Crippen LogP contribution in [0.3, 0.4) is 0 Å². The van der Waals surface area contributed by atoms with Crippen molar-refractivity contribution in [3.05, 3.63) is 54.6 Å². The summed E-state index contributed by atoms with van der Waals surface area (Å²) < 4.78 is 0. The minimum atomic E-state index is -0.507. The fourth-order valence-electron chi connectivity index (χ4n) is 2.37. The summed E-state index contributed by atoms with van der Waals surface area (Å²) in [5.74, 6) is -0.853. The van der Waals surface area contributed by atoms with Crippen LogP contribution in [0.25, 0.3) is 0 Å². The molecule has 2 aromatic rings. The van der Waals surface area contributed by atoms with Gasteiger partial charge in [-0.3, -0.25) is 14.4 Å². The number of amides is 3. The molecular weight excluding hydrogens is 338 g/mol. The molecule has 128 valence electrons. The molecule has 0 bridgehead atoms. The predicted octanol–water partition coefficient (Wildman–Crippen LogP) is 2.24. The Morgan fingerprint density at radius 3 is 2.52 bits per heavy atom. The van der Waals surface area contributed by atoms with Crippen molar-refractivity contribution in [2.45, 2.75) is 16.6 Å². The first-order valence-electron chi connectivity index (χ1n) is 7.80. The number of fused-ring (bicyclic) bond motifs is 1. The van der Waals surface area contributed by atoms with Crippen LogP contribution < -0.4 is 16.0 Å². The second-order valence-electron chi connectivity index (χ2n) is 5.49. The van der Waals surface area contributed by atoms with Gasteiger partial charge in [0.15, 0.2) is 0 Å². The lowest BCUT2D eigenvalue weighted by Crippen LogP contribution is -2.37. The number of carbonyl (C=O) groups excluding carboxylic acids is 3. The van der Waals surface area contributed by atoms with Gasteiger partial charge in [-0.2, -0.15) is 0 Å². The maximum atomic E-state index is 12.1. The zero-order valence-corrected chi connectivity index (χ0v) is 14.1. The summed E-state index contributed by atoms with van der Waals surface area (Å²) in [7, 11) is 0. The zero-order valence-electron chi connectivity index (χ0n) is 13.3. The molecule has 3 rings (SSSR count). The van der Waals surface area contributed by atoms with Gasteiger partial charge < -0.3 is 16.0 Å². The fraction of sp³-hybridized carbons (Fsp3) is 0.167. The molecule has 3 amide bonds. The van der Waals surface area contributed by atoms with E-state index >= 15 is 0 Å². The lowest BCUT2D eigenvalue weighted by atomic mass is 10.2. The van der Waals surface area contributed by atoms with Gasteiger partial charge in [0.25, 0.3) is 0 Å². The highest BCUT2D eigenvalue weighted by atomic mass is 32.2. The van der Waals surface area contributed by atoms with Crippen LogP contribution in [0.5, 0.6) is 0 Å². The Labute approximate surface area is 149 Å². The Bertz CT molecular complexity index is 795. The number of hydrogen-bond donors (Lipinski definition) is 3. The lowest BCUT2D eigenvalue weighted by Gasteiger charge is -2.23. The quantitative estimate of drug-likeness (QED) is 0.768. The first-order chi connectivity index (χ1) is 12.1. The van der Waals surface area contributed by atoms with E-state index in [1.54, 1.807) is 12.1 Å². The molecule has 1 aliphatic heterocycles. The minimum absolute atomic E-state index is 0.0173. The normalized spacial score (nSPS) is 15.7. The van der Waals surface area contributed by atoms with Crippen molar-refractivity contribution in [3.8, 4) is 0 Å². The third-order valence-electron chi connectivity index (χ3n) is 3.58. The molecule has 0 spiro atoms. The van der Waals surface area contributed by atoms with Crippen molar-refractivity contribution in [1.29, 1.82) is 0 Å². The third-order valence-corrected chi connectivity index (χ3v) is 4.86. The number of nitrogens with one attached hydrogen (secondary N) is 3. The molecular formula is C18H17N3O3S. The molecule has 1 atom stereocenters. The van der Waals surface area contributed by atoms with Crippen molar-refractivity contribution >= 4 is 40.9 Å². The zero-order chi connectivity index (χ0) is 17.6. The second-order valence-corrected chi connectivity index (χ2v) is 6.73. The van der Waals surface area contributed by atoms with E-state index in [2.05, 4.69) is 16.0 Å². The Hall–Kier alpha value is -2.80.